The molecular formula is C16H18N4O2S. The number of nitrogens with zero attached hydrogens (tertiary/aromatic N) is 4. The zero-order valence-corrected chi connectivity index (χ0v) is 13.9. The zero-order valence-electron chi connectivity index (χ0n) is 13.1. The van der Waals surface area contributed by atoms with Crippen molar-refractivity contribution in [2.45, 2.75) is 12.8 Å². The van der Waals surface area contributed by atoms with Gasteiger partial charge in [-0.1, -0.05) is 23.5 Å². The highest BCUT2D eigenvalue weighted by Crippen LogP contribution is 2.20. The number of aromatic nitrogens is 3. The third-order valence-electron chi connectivity index (χ3n) is 3.60. The Labute approximate surface area is 138 Å². The van der Waals surface area contributed by atoms with Crippen LogP contribution in [0.25, 0.3) is 4.96 Å². The smallest absolute Gasteiger partial charge is 0.275 e. The number of rotatable bonds is 6. The number of anilines is 1. The largest absolute Gasteiger partial charge is 0.497 e. The molecular weight excluding hydrogens is 312 g/mol. The van der Waals surface area contributed by atoms with Crippen molar-refractivity contribution in [3.8, 4) is 5.75 Å². The molecule has 0 aliphatic heterocycles. The lowest BCUT2D eigenvalue weighted by molar-refractivity contribution is 0.414. The summed E-state index contributed by atoms with van der Waals surface area (Å²) in [6, 6.07) is 9.54. The minimum absolute atomic E-state index is 0.149. The Morgan fingerprint density at radius 1 is 1.26 bits per heavy atom. The Kier molecular flexibility index (Phi) is 4.57. The van der Waals surface area contributed by atoms with Gasteiger partial charge in [-0.2, -0.15) is 4.52 Å². The standard InChI is InChI=1S/C16H18N4O2S/c1-19(11-3-4-12-5-7-13(22-2)8-6-12)16-18-20-14(21)9-10-17-15(20)23-16/h5-10H,3-4,11H2,1-2H3. The molecule has 0 saturated heterocycles. The van der Waals surface area contributed by atoms with E-state index in [0.717, 1.165) is 30.3 Å². The molecule has 0 amide bonds. The Morgan fingerprint density at radius 2 is 2.04 bits per heavy atom. The second-order valence-electron chi connectivity index (χ2n) is 5.24. The lowest BCUT2D eigenvalue weighted by Crippen LogP contribution is -2.20. The summed E-state index contributed by atoms with van der Waals surface area (Å²) >= 11 is 1.42. The fourth-order valence-corrected chi connectivity index (χ4v) is 3.16. The van der Waals surface area contributed by atoms with E-state index < -0.39 is 0 Å². The molecule has 3 aromatic rings. The first kappa shape index (κ1) is 15.5. The van der Waals surface area contributed by atoms with Gasteiger partial charge in [-0.05, 0) is 30.5 Å². The van der Waals surface area contributed by atoms with Crippen LogP contribution in [0.2, 0.25) is 0 Å². The van der Waals surface area contributed by atoms with Crippen molar-refractivity contribution < 1.29 is 4.74 Å². The Bertz CT molecular complexity index is 841. The molecule has 0 saturated carbocycles. The topological polar surface area (TPSA) is 59.7 Å². The normalized spacial score (nSPS) is 10.9. The number of benzene rings is 1. The number of aryl methyl sites for hydroxylation is 1. The van der Waals surface area contributed by atoms with Crippen LogP contribution in [0.3, 0.4) is 0 Å². The van der Waals surface area contributed by atoms with Crippen molar-refractivity contribution in [1.29, 1.82) is 0 Å². The summed E-state index contributed by atoms with van der Waals surface area (Å²) in [6.45, 7) is 0.862. The molecule has 2 heterocycles. The first-order valence-corrected chi connectivity index (χ1v) is 8.18. The third-order valence-corrected chi connectivity index (χ3v) is 4.64. The van der Waals surface area contributed by atoms with Gasteiger partial charge < -0.3 is 9.64 Å². The van der Waals surface area contributed by atoms with Gasteiger partial charge in [-0.15, -0.1) is 5.10 Å². The molecule has 7 heteroatoms. The van der Waals surface area contributed by atoms with Crippen LogP contribution in [-0.4, -0.2) is 35.3 Å². The number of hydrogen-bond acceptors (Lipinski definition) is 6. The number of methoxy groups -OCH3 is 1. The van der Waals surface area contributed by atoms with Gasteiger partial charge in [-0.3, -0.25) is 4.79 Å². The summed E-state index contributed by atoms with van der Waals surface area (Å²) in [5.74, 6) is 0.873. The molecule has 1 aromatic carbocycles. The average Bonchev–Trinajstić information content (AvgIpc) is 3.01. The van der Waals surface area contributed by atoms with E-state index in [4.69, 9.17) is 4.74 Å². The molecule has 0 N–H and O–H groups in total. The summed E-state index contributed by atoms with van der Waals surface area (Å²) in [5.41, 5.74) is 1.13. The Morgan fingerprint density at radius 3 is 2.74 bits per heavy atom. The van der Waals surface area contributed by atoms with Gasteiger partial charge in [0.25, 0.3) is 5.56 Å². The first-order chi connectivity index (χ1) is 11.2. The quantitative estimate of drug-likeness (QED) is 0.694. The summed E-state index contributed by atoms with van der Waals surface area (Å²) in [4.78, 5) is 18.6. The van der Waals surface area contributed by atoms with Crippen molar-refractivity contribution in [2.75, 3.05) is 25.6 Å². The first-order valence-electron chi connectivity index (χ1n) is 7.36. The molecule has 23 heavy (non-hydrogen) atoms. The maximum absolute atomic E-state index is 11.7. The molecule has 120 valence electrons. The predicted octanol–water partition coefficient (Wildman–Crippen LogP) is 2.23. The van der Waals surface area contributed by atoms with Gasteiger partial charge in [0.15, 0.2) is 0 Å². The molecule has 3 rings (SSSR count). The molecule has 0 fully saturated rings. The molecule has 0 atom stereocenters. The number of ether oxygens (including phenoxy) is 1. The monoisotopic (exact) mass is 330 g/mol. The minimum atomic E-state index is -0.149. The van der Waals surface area contributed by atoms with Crippen LogP contribution in [-0.2, 0) is 6.42 Å². The second-order valence-corrected chi connectivity index (χ2v) is 6.17. The Hall–Kier alpha value is -2.41. The van der Waals surface area contributed by atoms with E-state index in [1.165, 1.54) is 33.7 Å². The van der Waals surface area contributed by atoms with E-state index in [1.807, 2.05) is 19.2 Å². The van der Waals surface area contributed by atoms with E-state index in [9.17, 15) is 4.79 Å². The molecule has 0 spiro atoms. The van der Waals surface area contributed by atoms with E-state index in [0.29, 0.717) is 4.96 Å². The Balaban J connectivity index is 1.60. The summed E-state index contributed by atoms with van der Waals surface area (Å²) in [7, 11) is 3.65. The molecule has 0 aliphatic carbocycles. The van der Waals surface area contributed by atoms with Crippen LogP contribution in [0.4, 0.5) is 5.13 Å². The van der Waals surface area contributed by atoms with E-state index in [1.54, 1.807) is 7.11 Å². The van der Waals surface area contributed by atoms with Gasteiger partial charge in [0.05, 0.1) is 7.11 Å². The summed E-state index contributed by atoms with van der Waals surface area (Å²) < 4.78 is 6.51. The SMILES string of the molecule is COc1ccc(CCCN(C)c2nn3c(=O)ccnc3s2)cc1. The van der Waals surface area contributed by atoms with E-state index in [2.05, 4.69) is 27.1 Å². The van der Waals surface area contributed by atoms with Crippen molar-refractivity contribution in [1.82, 2.24) is 14.6 Å². The van der Waals surface area contributed by atoms with Gasteiger partial charge >= 0.3 is 0 Å². The highest BCUT2D eigenvalue weighted by atomic mass is 32.1. The van der Waals surface area contributed by atoms with Crippen molar-refractivity contribution in [3.63, 3.8) is 0 Å². The lowest BCUT2D eigenvalue weighted by Gasteiger charge is -2.14. The molecule has 2 aromatic heterocycles. The van der Waals surface area contributed by atoms with Crippen LogP contribution >= 0.6 is 11.3 Å². The number of fused-ring (bicyclic) bond motifs is 1. The van der Waals surface area contributed by atoms with E-state index >= 15 is 0 Å². The van der Waals surface area contributed by atoms with Crippen molar-refractivity contribution in [2.24, 2.45) is 0 Å². The molecule has 0 radical (unpaired) electrons. The fraction of sp³-hybridized carbons (Fsp3) is 0.312. The predicted molar refractivity (Wildman–Crippen MR) is 91.7 cm³/mol. The van der Waals surface area contributed by atoms with Crippen LogP contribution in [0.15, 0.2) is 41.3 Å². The lowest BCUT2D eigenvalue weighted by atomic mass is 10.1. The van der Waals surface area contributed by atoms with Gasteiger partial charge in [0.1, 0.15) is 5.75 Å². The van der Waals surface area contributed by atoms with Crippen LogP contribution in [0.5, 0.6) is 5.75 Å². The second kappa shape index (κ2) is 6.78. The highest BCUT2D eigenvalue weighted by molar-refractivity contribution is 7.20. The van der Waals surface area contributed by atoms with Gasteiger partial charge in [0, 0.05) is 25.9 Å². The molecule has 0 bridgehead atoms. The van der Waals surface area contributed by atoms with Crippen LogP contribution in [0.1, 0.15) is 12.0 Å². The molecule has 6 nitrogen and oxygen atoms in total. The van der Waals surface area contributed by atoms with Gasteiger partial charge in [0.2, 0.25) is 10.1 Å². The number of hydrogen-bond donors (Lipinski definition) is 0. The maximum atomic E-state index is 11.7. The minimum Gasteiger partial charge on any atom is -0.497 e. The average molecular weight is 330 g/mol. The van der Waals surface area contributed by atoms with Crippen LogP contribution in [0, 0.1) is 0 Å². The third kappa shape index (κ3) is 3.50. The molecule has 0 unspecified atom stereocenters. The van der Waals surface area contributed by atoms with E-state index in [-0.39, 0.29) is 5.56 Å². The zero-order chi connectivity index (χ0) is 16.2. The van der Waals surface area contributed by atoms with Crippen molar-refractivity contribution >= 4 is 21.4 Å². The van der Waals surface area contributed by atoms with Crippen molar-refractivity contribution in [3.05, 3.63) is 52.4 Å². The van der Waals surface area contributed by atoms with Gasteiger partial charge in [-0.25, -0.2) is 4.98 Å². The van der Waals surface area contributed by atoms with Crippen LogP contribution < -0.4 is 15.2 Å². The summed E-state index contributed by atoms with van der Waals surface area (Å²) in [6.07, 6.45) is 3.50. The molecule has 0 aliphatic rings. The fourth-order valence-electron chi connectivity index (χ4n) is 2.30. The highest BCUT2D eigenvalue weighted by Gasteiger charge is 2.10. The maximum Gasteiger partial charge on any atom is 0.275 e. The summed E-state index contributed by atoms with van der Waals surface area (Å²) in [5, 5.41) is 5.13.